The van der Waals surface area contributed by atoms with Crippen LogP contribution in [0.4, 0.5) is 0 Å². The Hall–Kier alpha value is -5.04. The van der Waals surface area contributed by atoms with Crippen LogP contribution >= 0.6 is 0 Å². The largest absolute Gasteiger partial charge is 0.508 e. The van der Waals surface area contributed by atoms with Gasteiger partial charge in [0.15, 0.2) is 27.2 Å². The van der Waals surface area contributed by atoms with Crippen molar-refractivity contribution in [1.82, 2.24) is 0 Å². The van der Waals surface area contributed by atoms with Crippen molar-refractivity contribution in [3.8, 4) is 34.5 Å². The van der Waals surface area contributed by atoms with Gasteiger partial charge in [0, 0.05) is 63.2 Å². The number of phenolic OH excluding ortho intramolecular Hbond substituents is 1. The Bertz CT molecular complexity index is 1830. The molecule has 11 nitrogen and oxygen atoms in total. The van der Waals surface area contributed by atoms with E-state index in [2.05, 4.69) is 38.3 Å². The lowest BCUT2D eigenvalue weighted by atomic mass is 9.66. The number of fused-ring (bicyclic) bond motifs is 1. The Morgan fingerprint density at radius 2 is 1.25 bits per heavy atom. The number of methoxy groups -OCH3 is 4. The Morgan fingerprint density at radius 1 is 0.737 bits per heavy atom. The number of allylic oxidation sites excluding steroid dienone is 2. The fraction of sp³-hybridized carbons (Fsp3) is 0.391. The van der Waals surface area contributed by atoms with Crippen LogP contribution in [0.25, 0.3) is 0 Å². The molecule has 4 aromatic carbocycles. The minimum Gasteiger partial charge on any atom is -0.508 e. The molecule has 1 heterocycles. The maximum absolute atomic E-state index is 10.7. The lowest BCUT2D eigenvalue weighted by molar-refractivity contribution is 0.0505. The second kappa shape index (κ2) is 22.0. The van der Waals surface area contributed by atoms with Crippen LogP contribution in [0.2, 0.25) is 0 Å². The van der Waals surface area contributed by atoms with Crippen LogP contribution in [0.15, 0.2) is 110 Å². The number of aliphatic hydroxyl groups excluding tert-OH is 1. The standard InChI is InChI=1S/C23H30O6.C23H28O5/c1-5-6-21(20-12-11-19(13-22(20)25)29-16-27-4)23(2,14-24)17-7-9-18(10-8-17)28-15-26-3;1-5-6-21-20-12-11-19(28-16-25-4)13-22(20)26-14-23(21,2)17-7-9-18(10-8-17)27-15-24-3/h5,7-13,21,24-25H,1,6,14-16H2,2-4H3;5,7-13,21H,1,6,14-16H2,2-4H3/t2*21?,23-/m00/s1. The number of aliphatic hydroxyl groups is 1. The molecule has 0 spiro atoms. The Morgan fingerprint density at radius 3 is 1.75 bits per heavy atom. The van der Waals surface area contributed by atoms with E-state index in [0.717, 1.165) is 34.8 Å². The molecule has 2 N–H and O–H groups in total. The summed E-state index contributed by atoms with van der Waals surface area (Å²) in [5, 5.41) is 21.0. The van der Waals surface area contributed by atoms with Crippen molar-refractivity contribution >= 4 is 0 Å². The molecule has 0 saturated carbocycles. The molecule has 0 amide bonds. The Balaban J connectivity index is 0.000000253. The molecule has 0 aromatic heterocycles. The fourth-order valence-electron chi connectivity index (χ4n) is 7.11. The molecule has 5 rings (SSSR count). The zero-order valence-corrected chi connectivity index (χ0v) is 34.0. The van der Waals surface area contributed by atoms with Gasteiger partial charge in [0.05, 0.1) is 13.2 Å². The predicted octanol–water partition coefficient (Wildman–Crippen LogP) is 8.63. The van der Waals surface area contributed by atoms with Crippen molar-refractivity contribution < 1.29 is 52.8 Å². The van der Waals surface area contributed by atoms with Gasteiger partial charge >= 0.3 is 0 Å². The average Bonchev–Trinajstić information content (AvgIpc) is 3.24. The van der Waals surface area contributed by atoms with Crippen molar-refractivity contribution in [3.05, 3.63) is 132 Å². The topological polar surface area (TPSA) is 124 Å². The second-order valence-electron chi connectivity index (χ2n) is 14.1. The van der Waals surface area contributed by atoms with E-state index in [1.165, 1.54) is 12.7 Å². The molecule has 4 atom stereocenters. The zero-order valence-electron chi connectivity index (χ0n) is 34.0. The minimum absolute atomic E-state index is 0.0979. The third kappa shape index (κ3) is 11.3. The van der Waals surface area contributed by atoms with Gasteiger partial charge in [-0.3, -0.25) is 0 Å². The first-order valence-corrected chi connectivity index (χ1v) is 18.7. The van der Waals surface area contributed by atoms with Crippen LogP contribution in [-0.4, -0.2) is 79.0 Å². The van der Waals surface area contributed by atoms with E-state index in [1.807, 2.05) is 67.6 Å². The van der Waals surface area contributed by atoms with Gasteiger partial charge in [-0.25, -0.2) is 0 Å². The summed E-state index contributed by atoms with van der Waals surface area (Å²) in [5.74, 6) is 3.72. The highest BCUT2D eigenvalue weighted by molar-refractivity contribution is 5.49. The van der Waals surface area contributed by atoms with E-state index in [1.54, 1.807) is 39.5 Å². The average molecular weight is 787 g/mol. The predicted molar refractivity (Wildman–Crippen MR) is 220 cm³/mol. The van der Waals surface area contributed by atoms with Gasteiger partial charge in [-0.05, 0) is 71.5 Å². The maximum atomic E-state index is 10.7. The summed E-state index contributed by atoms with van der Waals surface area (Å²) in [6.45, 7) is 13.2. The van der Waals surface area contributed by atoms with Crippen molar-refractivity contribution in [2.45, 2.75) is 49.4 Å². The molecular formula is C46H58O11. The first-order valence-electron chi connectivity index (χ1n) is 18.7. The third-order valence-corrected chi connectivity index (χ3v) is 10.3. The number of rotatable bonds is 21. The maximum Gasteiger partial charge on any atom is 0.188 e. The summed E-state index contributed by atoms with van der Waals surface area (Å²) >= 11 is 0. The SMILES string of the molecule is C=CCC(c1ccc(OCOC)cc1O)[C@@](C)(CO)c1ccc(OCOC)cc1.C=CCC1c2ccc(OCOC)cc2OC[C@@]1(C)c1ccc(OCOC)cc1. The molecule has 1 aliphatic rings. The van der Waals surface area contributed by atoms with Crippen LogP contribution in [0.1, 0.15) is 60.8 Å². The number of hydrogen-bond acceptors (Lipinski definition) is 11. The summed E-state index contributed by atoms with van der Waals surface area (Å²) in [6.07, 6.45) is 5.20. The monoisotopic (exact) mass is 786 g/mol. The highest BCUT2D eigenvalue weighted by atomic mass is 16.7. The van der Waals surface area contributed by atoms with Gasteiger partial charge in [0.2, 0.25) is 0 Å². The van der Waals surface area contributed by atoms with E-state index in [-0.39, 0.29) is 56.8 Å². The van der Waals surface area contributed by atoms with Crippen molar-refractivity contribution in [1.29, 1.82) is 0 Å². The van der Waals surface area contributed by atoms with E-state index in [9.17, 15) is 10.2 Å². The van der Waals surface area contributed by atoms with E-state index >= 15 is 0 Å². The number of hydrogen-bond donors (Lipinski definition) is 2. The summed E-state index contributed by atoms with van der Waals surface area (Å²) in [6, 6.07) is 26.8. The first kappa shape index (κ1) is 44.7. The van der Waals surface area contributed by atoms with E-state index < -0.39 is 5.41 Å². The number of phenols is 1. The lowest BCUT2D eigenvalue weighted by Gasteiger charge is -2.42. The van der Waals surface area contributed by atoms with Crippen LogP contribution in [-0.2, 0) is 29.8 Å². The van der Waals surface area contributed by atoms with Gasteiger partial charge in [-0.2, -0.15) is 0 Å². The first-order chi connectivity index (χ1) is 27.6. The zero-order chi connectivity index (χ0) is 41.3. The van der Waals surface area contributed by atoms with Crippen LogP contribution in [0.5, 0.6) is 34.5 Å². The van der Waals surface area contributed by atoms with E-state index in [0.29, 0.717) is 30.1 Å². The second-order valence-corrected chi connectivity index (χ2v) is 14.1. The minimum atomic E-state index is -0.652. The lowest BCUT2D eigenvalue weighted by Crippen LogP contribution is -2.40. The normalized spacial score (nSPS) is 17.4. The highest BCUT2D eigenvalue weighted by Crippen LogP contribution is 2.49. The quantitative estimate of drug-likeness (QED) is 0.0624. The van der Waals surface area contributed by atoms with Crippen LogP contribution in [0, 0.1) is 0 Å². The summed E-state index contributed by atoms with van der Waals surface area (Å²) in [5.41, 5.74) is 3.17. The Kier molecular flexibility index (Phi) is 17.3. The van der Waals surface area contributed by atoms with Crippen molar-refractivity contribution in [2.24, 2.45) is 0 Å². The summed E-state index contributed by atoms with van der Waals surface area (Å²) in [4.78, 5) is 0. The molecule has 57 heavy (non-hydrogen) atoms. The molecule has 0 saturated heterocycles. The van der Waals surface area contributed by atoms with Crippen LogP contribution < -0.4 is 23.7 Å². The van der Waals surface area contributed by atoms with Gasteiger partial charge in [-0.1, -0.05) is 62.4 Å². The number of aromatic hydroxyl groups is 1. The Labute approximate surface area is 337 Å². The fourth-order valence-corrected chi connectivity index (χ4v) is 7.11. The van der Waals surface area contributed by atoms with Crippen molar-refractivity contribution in [2.75, 3.05) is 68.8 Å². The molecule has 4 aromatic rings. The van der Waals surface area contributed by atoms with Gasteiger partial charge in [0.25, 0.3) is 0 Å². The smallest absolute Gasteiger partial charge is 0.188 e. The summed E-state index contributed by atoms with van der Waals surface area (Å²) < 4.78 is 47.9. The molecule has 2 unspecified atom stereocenters. The summed E-state index contributed by atoms with van der Waals surface area (Å²) in [7, 11) is 6.31. The molecule has 0 aliphatic carbocycles. The van der Waals surface area contributed by atoms with Gasteiger partial charge in [-0.15, -0.1) is 13.2 Å². The van der Waals surface area contributed by atoms with Crippen molar-refractivity contribution in [3.63, 3.8) is 0 Å². The molecule has 11 heteroatoms. The molecule has 1 aliphatic heterocycles. The molecule has 0 fully saturated rings. The molecule has 308 valence electrons. The third-order valence-electron chi connectivity index (χ3n) is 10.3. The van der Waals surface area contributed by atoms with Crippen LogP contribution in [0.3, 0.4) is 0 Å². The van der Waals surface area contributed by atoms with Gasteiger partial charge in [0.1, 0.15) is 34.5 Å². The van der Waals surface area contributed by atoms with Gasteiger partial charge < -0.3 is 52.8 Å². The highest BCUT2D eigenvalue weighted by Gasteiger charge is 2.42. The van der Waals surface area contributed by atoms with E-state index in [4.69, 9.17) is 42.6 Å². The molecule has 0 radical (unpaired) electrons. The molecular weight excluding hydrogens is 728 g/mol. The molecule has 0 bridgehead atoms. The number of ether oxygens (including phenoxy) is 9. The number of benzene rings is 4.